The molecule has 5 nitrogen and oxygen atoms in total. The minimum atomic E-state index is 0.0292. The molecule has 0 saturated carbocycles. The van der Waals surface area contributed by atoms with Crippen LogP contribution < -0.4 is 15.4 Å². The molecule has 1 aromatic rings. The summed E-state index contributed by atoms with van der Waals surface area (Å²) in [6.07, 6.45) is 0.929. The number of ether oxygens (including phenoxy) is 1. The minimum absolute atomic E-state index is 0.0292. The maximum absolute atomic E-state index is 12.3. The van der Waals surface area contributed by atoms with Crippen molar-refractivity contribution < 1.29 is 9.53 Å². The van der Waals surface area contributed by atoms with Gasteiger partial charge >= 0.3 is 6.03 Å². The van der Waals surface area contributed by atoms with Gasteiger partial charge < -0.3 is 15.4 Å². The molecule has 2 amide bonds. The van der Waals surface area contributed by atoms with Crippen LogP contribution in [0.3, 0.4) is 0 Å². The average Bonchev–Trinajstić information content (AvgIpc) is 2.43. The molecule has 1 aromatic carbocycles. The molecule has 0 spiro atoms. The summed E-state index contributed by atoms with van der Waals surface area (Å²) in [5, 5.41) is 0. The largest absolute Gasteiger partial charge is 0.497 e. The molecule has 1 atom stereocenters. The summed E-state index contributed by atoms with van der Waals surface area (Å²) >= 11 is 0. The highest BCUT2D eigenvalue weighted by Crippen LogP contribution is 2.26. The second-order valence-electron chi connectivity index (χ2n) is 4.92. The molecular weight excluding hydrogens is 242 g/mol. The molecule has 0 radical (unpaired) electrons. The van der Waals surface area contributed by atoms with E-state index in [0.29, 0.717) is 19.0 Å². The first-order valence-electron chi connectivity index (χ1n) is 6.52. The van der Waals surface area contributed by atoms with Crippen LogP contribution in [0.2, 0.25) is 0 Å². The van der Waals surface area contributed by atoms with Crippen molar-refractivity contribution in [2.45, 2.75) is 6.42 Å². The molecule has 1 unspecified atom stereocenters. The lowest BCUT2D eigenvalue weighted by molar-refractivity contribution is 0.191. The number of benzene rings is 1. The summed E-state index contributed by atoms with van der Waals surface area (Å²) in [7, 11) is 3.46. The van der Waals surface area contributed by atoms with Crippen molar-refractivity contribution in [3.05, 3.63) is 24.3 Å². The van der Waals surface area contributed by atoms with E-state index in [1.807, 2.05) is 31.3 Å². The van der Waals surface area contributed by atoms with Crippen LogP contribution in [0.5, 0.6) is 5.75 Å². The number of methoxy groups -OCH3 is 1. The van der Waals surface area contributed by atoms with Gasteiger partial charge in [0.15, 0.2) is 0 Å². The Kier molecular flexibility index (Phi) is 4.27. The molecule has 1 fully saturated rings. The number of nitrogens with zero attached hydrogens (tertiary/aromatic N) is 2. The maximum atomic E-state index is 12.3. The first-order valence-corrected chi connectivity index (χ1v) is 6.52. The molecule has 1 saturated heterocycles. The number of anilines is 1. The zero-order chi connectivity index (χ0) is 13.8. The van der Waals surface area contributed by atoms with Crippen LogP contribution >= 0.6 is 0 Å². The van der Waals surface area contributed by atoms with Crippen molar-refractivity contribution in [2.75, 3.05) is 38.7 Å². The van der Waals surface area contributed by atoms with E-state index in [2.05, 4.69) is 0 Å². The number of hydrogen-bond donors (Lipinski definition) is 1. The van der Waals surface area contributed by atoms with Gasteiger partial charge in [0.25, 0.3) is 0 Å². The van der Waals surface area contributed by atoms with Gasteiger partial charge in [-0.05, 0) is 31.0 Å². The third kappa shape index (κ3) is 2.98. The highest BCUT2D eigenvalue weighted by atomic mass is 16.5. The standard InChI is InChI=1S/C14H21N3O2/c1-16-9-11(6-7-15)10-17(14(16)18)12-4-3-5-13(8-12)19-2/h3-5,8,11H,6-7,9-10,15H2,1-2H3. The molecule has 1 aliphatic rings. The van der Waals surface area contributed by atoms with Gasteiger partial charge in [-0.25, -0.2) is 4.79 Å². The quantitative estimate of drug-likeness (QED) is 0.896. The van der Waals surface area contributed by atoms with Gasteiger partial charge in [-0.1, -0.05) is 6.07 Å². The molecule has 1 heterocycles. The molecule has 2 rings (SSSR count). The summed E-state index contributed by atoms with van der Waals surface area (Å²) in [5.41, 5.74) is 6.50. The zero-order valence-corrected chi connectivity index (χ0v) is 11.5. The lowest BCUT2D eigenvalue weighted by atomic mass is 10.0. The van der Waals surface area contributed by atoms with Crippen LogP contribution in [-0.2, 0) is 0 Å². The number of amides is 2. The Hall–Kier alpha value is -1.75. The number of carbonyl (C=O) groups excluding carboxylic acids is 1. The fourth-order valence-corrected chi connectivity index (χ4v) is 2.48. The van der Waals surface area contributed by atoms with Gasteiger partial charge in [0.2, 0.25) is 0 Å². The van der Waals surface area contributed by atoms with Gasteiger partial charge in [0, 0.05) is 31.9 Å². The molecule has 104 valence electrons. The van der Waals surface area contributed by atoms with E-state index in [1.165, 1.54) is 0 Å². The lowest BCUT2D eigenvalue weighted by Crippen LogP contribution is -2.52. The van der Waals surface area contributed by atoms with Crippen molar-refractivity contribution in [1.82, 2.24) is 4.90 Å². The topological polar surface area (TPSA) is 58.8 Å². The monoisotopic (exact) mass is 263 g/mol. The Morgan fingerprint density at radius 2 is 2.21 bits per heavy atom. The average molecular weight is 263 g/mol. The third-order valence-electron chi connectivity index (χ3n) is 3.47. The number of rotatable bonds is 4. The van der Waals surface area contributed by atoms with Gasteiger partial charge in [0.1, 0.15) is 5.75 Å². The molecule has 2 N–H and O–H groups in total. The van der Waals surface area contributed by atoms with Crippen LogP contribution in [0.25, 0.3) is 0 Å². The van der Waals surface area contributed by atoms with Gasteiger partial charge in [-0.3, -0.25) is 4.90 Å². The van der Waals surface area contributed by atoms with E-state index in [9.17, 15) is 4.79 Å². The molecule has 1 aliphatic heterocycles. The Morgan fingerprint density at radius 1 is 1.42 bits per heavy atom. The van der Waals surface area contributed by atoms with Crippen LogP contribution in [0.1, 0.15) is 6.42 Å². The number of carbonyl (C=O) groups is 1. The number of nitrogens with two attached hydrogens (primary N) is 1. The third-order valence-corrected chi connectivity index (χ3v) is 3.47. The van der Waals surface area contributed by atoms with Crippen molar-refractivity contribution in [1.29, 1.82) is 0 Å². The summed E-state index contributed by atoms with van der Waals surface area (Å²) in [6.45, 7) is 2.14. The van der Waals surface area contributed by atoms with Crippen molar-refractivity contribution >= 4 is 11.7 Å². The van der Waals surface area contributed by atoms with E-state index in [-0.39, 0.29) is 6.03 Å². The van der Waals surface area contributed by atoms with Gasteiger partial charge in [0.05, 0.1) is 7.11 Å². The molecule has 0 aliphatic carbocycles. The Bertz CT molecular complexity index is 450. The van der Waals surface area contributed by atoms with Crippen LogP contribution in [0.15, 0.2) is 24.3 Å². The van der Waals surface area contributed by atoms with Crippen LogP contribution in [-0.4, -0.2) is 44.7 Å². The molecule has 19 heavy (non-hydrogen) atoms. The smallest absolute Gasteiger partial charge is 0.324 e. The SMILES string of the molecule is COc1cccc(N2CC(CCN)CN(C)C2=O)c1. The first-order chi connectivity index (χ1) is 9.15. The predicted octanol–water partition coefficient (Wildman–Crippen LogP) is 1.53. The Morgan fingerprint density at radius 3 is 2.89 bits per heavy atom. The van der Waals surface area contributed by atoms with E-state index >= 15 is 0 Å². The Labute approximate surface area is 113 Å². The minimum Gasteiger partial charge on any atom is -0.497 e. The summed E-state index contributed by atoms with van der Waals surface area (Å²) in [6, 6.07) is 7.62. The number of urea groups is 1. The van der Waals surface area contributed by atoms with Gasteiger partial charge in [-0.2, -0.15) is 0 Å². The highest BCUT2D eigenvalue weighted by molar-refractivity contribution is 5.92. The molecule has 0 aromatic heterocycles. The molecular formula is C14H21N3O2. The van der Waals surface area contributed by atoms with E-state index in [0.717, 1.165) is 24.4 Å². The van der Waals surface area contributed by atoms with Crippen molar-refractivity contribution in [2.24, 2.45) is 11.7 Å². The summed E-state index contributed by atoms with van der Waals surface area (Å²) < 4.78 is 5.21. The molecule has 5 heteroatoms. The highest BCUT2D eigenvalue weighted by Gasteiger charge is 2.30. The van der Waals surface area contributed by atoms with Crippen LogP contribution in [0, 0.1) is 5.92 Å². The van der Waals surface area contributed by atoms with Gasteiger partial charge in [-0.15, -0.1) is 0 Å². The lowest BCUT2D eigenvalue weighted by Gasteiger charge is -2.38. The van der Waals surface area contributed by atoms with E-state index < -0.39 is 0 Å². The van der Waals surface area contributed by atoms with Crippen molar-refractivity contribution in [3.8, 4) is 5.75 Å². The Balaban J connectivity index is 2.22. The summed E-state index contributed by atoms with van der Waals surface area (Å²) in [4.78, 5) is 15.8. The molecule has 0 bridgehead atoms. The zero-order valence-electron chi connectivity index (χ0n) is 11.5. The maximum Gasteiger partial charge on any atom is 0.324 e. The van der Waals surface area contributed by atoms with E-state index in [4.69, 9.17) is 10.5 Å². The van der Waals surface area contributed by atoms with E-state index in [1.54, 1.807) is 16.9 Å². The fraction of sp³-hybridized carbons (Fsp3) is 0.500. The van der Waals surface area contributed by atoms with Crippen LogP contribution in [0.4, 0.5) is 10.5 Å². The fourth-order valence-electron chi connectivity index (χ4n) is 2.48. The predicted molar refractivity (Wildman–Crippen MR) is 75.5 cm³/mol. The first kappa shape index (κ1) is 13.7. The second-order valence-corrected chi connectivity index (χ2v) is 4.92. The number of hydrogen-bond acceptors (Lipinski definition) is 3. The normalized spacial score (nSPS) is 19.7. The summed E-state index contributed by atoms with van der Waals surface area (Å²) in [5.74, 6) is 1.17. The van der Waals surface area contributed by atoms with Crippen molar-refractivity contribution in [3.63, 3.8) is 0 Å². The second kappa shape index (κ2) is 5.93.